The molecule has 2 unspecified atom stereocenters. The fourth-order valence-electron chi connectivity index (χ4n) is 2.33. The van der Waals surface area contributed by atoms with E-state index in [2.05, 4.69) is 24.3 Å². The lowest BCUT2D eigenvalue weighted by Gasteiger charge is -2.17. The lowest BCUT2D eigenvalue weighted by molar-refractivity contribution is 0.170. The first-order valence-corrected chi connectivity index (χ1v) is 6.95. The number of aliphatic hydroxyl groups excluding tert-OH is 1. The maximum atomic E-state index is 10.2. The van der Waals surface area contributed by atoms with Gasteiger partial charge in [0.15, 0.2) is 0 Å². The maximum absolute atomic E-state index is 10.2. The zero-order chi connectivity index (χ0) is 14.7. The second-order valence-electron chi connectivity index (χ2n) is 5.37. The van der Waals surface area contributed by atoms with Crippen LogP contribution in [-0.4, -0.2) is 21.4 Å². The van der Waals surface area contributed by atoms with Crippen LogP contribution in [0.5, 0.6) is 0 Å². The summed E-state index contributed by atoms with van der Waals surface area (Å²) in [5, 5.41) is 17.8. The highest BCUT2D eigenvalue weighted by Gasteiger charge is 2.14. The van der Waals surface area contributed by atoms with Gasteiger partial charge in [-0.2, -0.15) is 5.10 Å². The van der Waals surface area contributed by atoms with Crippen molar-refractivity contribution in [3.05, 3.63) is 52.8 Å². The summed E-state index contributed by atoms with van der Waals surface area (Å²) in [5.74, 6) is 0. The summed E-state index contributed by atoms with van der Waals surface area (Å²) in [6, 6.07) is 8.16. The second-order valence-corrected chi connectivity index (χ2v) is 5.37. The molecule has 0 amide bonds. The monoisotopic (exact) mass is 273 g/mol. The third-order valence-corrected chi connectivity index (χ3v) is 3.78. The zero-order valence-corrected chi connectivity index (χ0v) is 12.6. The lowest BCUT2D eigenvalue weighted by atomic mass is 10.1. The molecule has 2 rings (SSSR count). The number of nitrogens with one attached hydrogen (secondary N) is 1. The molecule has 1 aromatic carbocycles. The Morgan fingerprint density at radius 1 is 1.35 bits per heavy atom. The molecule has 4 nitrogen and oxygen atoms in total. The Labute approximate surface area is 120 Å². The Morgan fingerprint density at radius 3 is 2.70 bits per heavy atom. The summed E-state index contributed by atoms with van der Waals surface area (Å²) in [5.41, 5.74) is 4.43. The van der Waals surface area contributed by atoms with Crippen molar-refractivity contribution in [1.29, 1.82) is 0 Å². The standard InChI is InChI=1S/C16H23N3O/c1-11-6-5-7-14(8-11)16(20)10-17-12(2)15-9-18-19(4)13(15)3/h5-9,12,16-17,20H,10H2,1-4H3. The minimum atomic E-state index is -0.491. The predicted octanol–water partition coefficient (Wildman–Crippen LogP) is 2.42. The first kappa shape index (κ1) is 14.8. The molecule has 0 bridgehead atoms. The van der Waals surface area contributed by atoms with Gasteiger partial charge in [-0.15, -0.1) is 0 Å². The van der Waals surface area contributed by atoms with Crippen LogP contribution < -0.4 is 5.32 Å². The molecule has 1 aromatic heterocycles. The highest BCUT2D eigenvalue weighted by molar-refractivity contribution is 5.24. The van der Waals surface area contributed by atoms with Crippen LogP contribution >= 0.6 is 0 Å². The Bertz CT molecular complexity index is 577. The Kier molecular flexibility index (Phi) is 4.57. The highest BCUT2D eigenvalue weighted by atomic mass is 16.3. The van der Waals surface area contributed by atoms with Crippen molar-refractivity contribution >= 4 is 0 Å². The van der Waals surface area contributed by atoms with Crippen LogP contribution in [0.2, 0.25) is 0 Å². The summed E-state index contributed by atoms with van der Waals surface area (Å²) in [6.45, 7) is 6.70. The number of aryl methyl sites for hydroxylation is 2. The molecule has 0 aliphatic heterocycles. The third-order valence-electron chi connectivity index (χ3n) is 3.78. The van der Waals surface area contributed by atoms with Gasteiger partial charge >= 0.3 is 0 Å². The van der Waals surface area contributed by atoms with Gasteiger partial charge in [-0.25, -0.2) is 0 Å². The van der Waals surface area contributed by atoms with E-state index in [9.17, 15) is 5.11 Å². The summed E-state index contributed by atoms with van der Waals surface area (Å²) in [6.07, 6.45) is 1.39. The van der Waals surface area contributed by atoms with E-state index in [4.69, 9.17) is 0 Å². The summed E-state index contributed by atoms with van der Waals surface area (Å²) >= 11 is 0. The van der Waals surface area contributed by atoms with Crippen molar-refractivity contribution in [2.45, 2.75) is 32.9 Å². The average molecular weight is 273 g/mol. The molecule has 0 spiro atoms. The molecule has 0 fully saturated rings. The quantitative estimate of drug-likeness (QED) is 0.879. The molecule has 0 aliphatic carbocycles. The van der Waals surface area contributed by atoms with Crippen LogP contribution in [0.1, 0.15) is 41.5 Å². The van der Waals surface area contributed by atoms with Crippen molar-refractivity contribution in [3.63, 3.8) is 0 Å². The minimum absolute atomic E-state index is 0.170. The lowest BCUT2D eigenvalue weighted by Crippen LogP contribution is -2.25. The van der Waals surface area contributed by atoms with Crippen molar-refractivity contribution in [3.8, 4) is 0 Å². The van der Waals surface area contributed by atoms with E-state index < -0.39 is 6.10 Å². The van der Waals surface area contributed by atoms with E-state index in [1.54, 1.807) is 0 Å². The van der Waals surface area contributed by atoms with Gasteiger partial charge < -0.3 is 10.4 Å². The van der Waals surface area contributed by atoms with Gasteiger partial charge in [-0.05, 0) is 26.3 Å². The SMILES string of the molecule is Cc1cccc(C(O)CNC(C)c2cnn(C)c2C)c1. The Balaban J connectivity index is 1.96. The molecule has 0 saturated heterocycles. The smallest absolute Gasteiger partial charge is 0.0914 e. The normalized spacial score (nSPS) is 14.2. The van der Waals surface area contributed by atoms with Crippen LogP contribution in [0, 0.1) is 13.8 Å². The molecule has 2 atom stereocenters. The summed E-state index contributed by atoms with van der Waals surface area (Å²) in [4.78, 5) is 0. The Morgan fingerprint density at radius 2 is 2.10 bits per heavy atom. The van der Waals surface area contributed by atoms with Crippen LogP contribution in [0.4, 0.5) is 0 Å². The number of hydrogen-bond acceptors (Lipinski definition) is 3. The molecular formula is C16H23N3O. The molecule has 4 heteroatoms. The number of aromatic nitrogens is 2. The number of nitrogens with zero attached hydrogens (tertiary/aromatic N) is 2. The first-order chi connectivity index (χ1) is 9.49. The van der Waals surface area contributed by atoms with E-state index in [-0.39, 0.29) is 6.04 Å². The summed E-state index contributed by atoms with van der Waals surface area (Å²) < 4.78 is 1.87. The van der Waals surface area contributed by atoms with Gasteiger partial charge in [0.2, 0.25) is 0 Å². The number of aliphatic hydroxyl groups is 1. The number of rotatable bonds is 5. The average Bonchev–Trinajstić information content (AvgIpc) is 2.76. The molecule has 1 heterocycles. The molecule has 0 saturated carbocycles. The molecule has 2 N–H and O–H groups in total. The summed E-state index contributed by atoms with van der Waals surface area (Å²) in [7, 11) is 1.94. The molecular weight excluding hydrogens is 250 g/mol. The zero-order valence-electron chi connectivity index (χ0n) is 12.6. The van der Waals surface area contributed by atoms with Gasteiger partial charge in [-0.3, -0.25) is 4.68 Å². The maximum Gasteiger partial charge on any atom is 0.0914 e. The van der Waals surface area contributed by atoms with E-state index >= 15 is 0 Å². The van der Waals surface area contributed by atoms with Crippen molar-refractivity contribution in [2.24, 2.45) is 7.05 Å². The number of hydrogen-bond donors (Lipinski definition) is 2. The van der Waals surface area contributed by atoms with Gasteiger partial charge in [0, 0.05) is 30.9 Å². The molecule has 108 valence electrons. The van der Waals surface area contributed by atoms with Crippen molar-refractivity contribution < 1.29 is 5.11 Å². The van der Waals surface area contributed by atoms with Crippen LogP contribution in [0.15, 0.2) is 30.5 Å². The minimum Gasteiger partial charge on any atom is -0.387 e. The van der Waals surface area contributed by atoms with E-state index in [1.807, 2.05) is 49.1 Å². The second kappa shape index (κ2) is 6.20. The van der Waals surface area contributed by atoms with Gasteiger partial charge in [0.05, 0.1) is 12.3 Å². The van der Waals surface area contributed by atoms with Crippen LogP contribution in [-0.2, 0) is 7.05 Å². The molecule has 0 radical (unpaired) electrons. The Hall–Kier alpha value is -1.65. The predicted molar refractivity (Wildman–Crippen MR) is 80.5 cm³/mol. The fourth-order valence-corrected chi connectivity index (χ4v) is 2.33. The largest absolute Gasteiger partial charge is 0.387 e. The molecule has 20 heavy (non-hydrogen) atoms. The highest BCUT2D eigenvalue weighted by Crippen LogP contribution is 2.18. The first-order valence-electron chi connectivity index (χ1n) is 6.95. The van der Waals surface area contributed by atoms with E-state index in [0.717, 1.165) is 16.8 Å². The number of benzene rings is 1. The van der Waals surface area contributed by atoms with Crippen LogP contribution in [0.25, 0.3) is 0 Å². The van der Waals surface area contributed by atoms with Gasteiger partial charge in [0.25, 0.3) is 0 Å². The fraction of sp³-hybridized carbons (Fsp3) is 0.438. The third kappa shape index (κ3) is 3.26. The molecule has 0 aliphatic rings. The van der Waals surface area contributed by atoms with Crippen LogP contribution in [0.3, 0.4) is 0 Å². The van der Waals surface area contributed by atoms with Gasteiger partial charge in [0.1, 0.15) is 0 Å². The van der Waals surface area contributed by atoms with E-state index in [0.29, 0.717) is 6.54 Å². The van der Waals surface area contributed by atoms with Crippen molar-refractivity contribution in [1.82, 2.24) is 15.1 Å². The van der Waals surface area contributed by atoms with E-state index in [1.165, 1.54) is 5.56 Å². The van der Waals surface area contributed by atoms with Gasteiger partial charge in [-0.1, -0.05) is 29.8 Å². The van der Waals surface area contributed by atoms with Crippen molar-refractivity contribution in [2.75, 3.05) is 6.54 Å². The molecule has 2 aromatic rings. The topological polar surface area (TPSA) is 50.1 Å².